The fourth-order valence-electron chi connectivity index (χ4n) is 1.26. The number of carboxylic acid groups (broad SMARTS) is 2. The van der Waals surface area contributed by atoms with Crippen LogP contribution in [-0.4, -0.2) is 37.2 Å². The summed E-state index contributed by atoms with van der Waals surface area (Å²) in [4.78, 5) is 21.0. The SMILES string of the molecule is CCOS(=O)(=O)c1cc(C(=O)O)ccc1C(=O)O. The van der Waals surface area contributed by atoms with Gasteiger partial charge in [0.25, 0.3) is 10.1 Å². The third kappa shape index (κ3) is 2.84. The number of hydrogen-bond acceptors (Lipinski definition) is 5. The lowest BCUT2D eigenvalue weighted by molar-refractivity contribution is 0.0677. The van der Waals surface area contributed by atoms with Crippen LogP contribution < -0.4 is 0 Å². The molecule has 1 rings (SSSR count). The molecule has 98 valence electrons. The van der Waals surface area contributed by atoms with E-state index in [1.807, 2.05) is 0 Å². The summed E-state index contributed by atoms with van der Waals surface area (Å²) in [6.45, 7) is 1.23. The van der Waals surface area contributed by atoms with Gasteiger partial charge in [-0.15, -0.1) is 0 Å². The summed E-state index contributed by atoms with van der Waals surface area (Å²) >= 11 is 0. The lowest BCUT2D eigenvalue weighted by Crippen LogP contribution is -2.13. The molecule has 0 bridgehead atoms. The number of rotatable bonds is 5. The van der Waals surface area contributed by atoms with Crippen LogP contribution in [-0.2, 0) is 14.3 Å². The Morgan fingerprint density at radius 1 is 1.22 bits per heavy atom. The molecule has 0 aliphatic carbocycles. The van der Waals surface area contributed by atoms with E-state index < -0.39 is 32.5 Å². The predicted octanol–water partition coefficient (Wildman–Crippen LogP) is 0.808. The number of hydrogen-bond donors (Lipinski definition) is 2. The number of carboxylic acids is 2. The van der Waals surface area contributed by atoms with Crippen LogP contribution in [0.3, 0.4) is 0 Å². The zero-order valence-electron chi connectivity index (χ0n) is 9.28. The third-order valence-corrected chi connectivity index (χ3v) is 3.42. The second-order valence-corrected chi connectivity index (χ2v) is 4.77. The van der Waals surface area contributed by atoms with Crippen LogP contribution >= 0.6 is 0 Å². The summed E-state index contributed by atoms with van der Waals surface area (Å²) in [6, 6.07) is 2.69. The molecule has 8 heteroatoms. The van der Waals surface area contributed by atoms with Crippen molar-refractivity contribution in [3.63, 3.8) is 0 Å². The van der Waals surface area contributed by atoms with Gasteiger partial charge < -0.3 is 10.2 Å². The van der Waals surface area contributed by atoms with Gasteiger partial charge in [-0.3, -0.25) is 4.18 Å². The lowest BCUT2D eigenvalue weighted by Gasteiger charge is -2.07. The van der Waals surface area contributed by atoms with Crippen LogP contribution in [0.25, 0.3) is 0 Å². The van der Waals surface area contributed by atoms with Crippen LogP contribution in [0.15, 0.2) is 23.1 Å². The summed E-state index contributed by atoms with van der Waals surface area (Å²) in [5.41, 5.74) is -0.869. The van der Waals surface area contributed by atoms with Crippen LogP contribution in [0.4, 0.5) is 0 Å². The maximum atomic E-state index is 11.7. The minimum absolute atomic E-state index is 0.182. The van der Waals surface area contributed by atoms with Crippen molar-refractivity contribution in [2.24, 2.45) is 0 Å². The topological polar surface area (TPSA) is 118 Å². The molecular weight excluding hydrogens is 264 g/mol. The van der Waals surface area contributed by atoms with Crippen molar-refractivity contribution < 1.29 is 32.4 Å². The Kier molecular flexibility index (Phi) is 4.04. The van der Waals surface area contributed by atoms with Gasteiger partial charge in [0.1, 0.15) is 4.90 Å². The minimum atomic E-state index is -4.29. The van der Waals surface area contributed by atoms with Gasteiger partial charge in [0.15, 0.2) is 0 Å². The third-order valence-electron chi connectivity index (χ3n) is 2.00. The Labute approximate surface area is 103 Å². The van der Waals surface area contributed by atoms with E-state index in [2.05, 4.69) is 4.18 Å². The van der Waals surface area contributed by atoms with Crippen LogP contribution in [0.2, 0.25) is 0 Å². The molecule has 0 radical (unpaired) electrons. The highest BCUT2D eigenvalue weighted by Gasteiger charge is 2.24. The largest absolute Gasteiger partial charge is 0.478 e. The van der Waals surface area contributed by atoms with Gasteiger partial charge in [-0.2, -0.15) is 8.42 Å². The van der Waals surface area contributed by atoms with E-state index in [-0.39, 0.29) is 12.2 Å². The second-order valence-electron chi connectivity index (χ2n) is 3.18. The van der Waals surface area contributed by atoms with Gasteiger partial charge in [0.2, 0.25) is 0 Å². The first kappa shape index (κ1) is 14.1. The van der Waals surface area contributed by atoms with Crippen molar-refractivity contribution in [2.75, 3.05) is 6.61 Å². The first-order chi connectivity index (χ1) is 8.29. The second kappa shape index (κ2) is 5.15. The van der Waals surface area contributed by atoms with E-state index in [0.29, 0.717) is 0 Å². The molecule has 0 aliphatic heterocycles. The molecular formula is C10H10O7S. The lowest BCUT2D eigenvalue weighted by atomic mass is 10.1. The van der Waals surface area contributed by atoms with Crippen LogP contribution in [0.1, 0.15) is 27.6 Å². The monoisotopic (exact) mass is 274 g/mol. The highest BCUT2D eigenvalue weighted by Crippen LogP contribution is 2.20. The van der Waals surface area contributed by atoms with Crippen molar-refractivity contribution in [2.45, 2.75) is 11.8 Å². The Morgan fingerprint density at radius 2 is 1.83 bits per heavy atom. The van der Waals surface area contributed by atoms with Crippen molar-refractivity contribution in [3.8, 4) is 0 Å². The van der Waals surface area contributed by atoms with E-state index in [4.69, 9.17) is 10.2 Å². The molecule has 0 unspecified atom stereocenters. The Hall–Kier alpha value is -1.93. The van der Waals surface area contributed by atoms with Crippen molar-refractivity contribution in [3.05, 3.63) is 29.3 Å². The molecule has 0 spiro atoms. The van der Waals surface area contributed by atoms with Crippen molar-refractivity contribution in [1.82, 2.24) is 0 Å². The zero-order valence-corrected chi connectivity index (χ0v) is 10.1. The van der Waals surface area contributed by atoms with Gasteiger partial charge in [0.05, 0.1) is 17.7 Å². The molecule has 0 saturated carbocycles. The molecule has 0 aliphatic rings. The van der Waals surface area contributed by atoms with Crippen molar-refractivity contribution in [1.29, 1.82) is 0 Å². The molecule has 0 atom stereocenters. The van der Waals surface area contributed by atoms with E-state index >= 15 is 0 Å². The highest BCUT2D eigenvalue weighted by molar-refractivity contribution is 7.86. The molecule has 0 aromatic heterocycles. The fourth-order valence-corrected chi connectivity index (χ4v) is 2.39. The maximum absolute atomic E-state index is 11.7. The quantitative estimate of drug-likeness (QED) is 0.762. The number of aromatic carboxylic acids is 2. The summed E-state index contributed by atoms with van der Waals surface area (Å²) in [5.74, 6) is -2.84. The van der Waals surface area contributed by atoms with Gasteiger partial charge in [-0.05, 0) is 25.1 Å². The number of carbonyl (C=O) groups is 2. The van der Waals surface area contributed by atoms with Crippen LogP contribution in [0.5, 0.6) is 0 Å². The molecule has 2 N–H and O–H groups in total. The highest BCUT2D eigenvalue weighted by atomic mass is 32.2. The zero-order chi connectivity index (χ0) is 13.9. The van der Waals surface area contributed by atoms with Crippen LogP contribution in [0, 0.1) is 0 Å². The van der Waals surface area contributed by atoms with Gasteiger partial charge >= 0.3 is 11.9 Å². The first-order valence-corrected chi connectivity index (χ1v) is 6.20. The Bertz CT molecular complexity index is 588. The minimum Gasteiger partial charge on any atom is -0.478 e. The molecule has 0 saturated heterocycles. The summed E-state index contributed by atoms with van der Waals surface area (Å²) in [6.07, 6.45) is 0. The van der Waals surface area contributed by atoms with Gasteiger partial charge in [-0.1, -0.05) is 0 Å². The number of benzene rings is 1. The van der Waals surface area contributed by atoms with E-state index in [1.165, 1.54) is 6.92 Å². The smallest absolute Gasteiger partial charge is 0.337 e. The molecule has 7 nitrogen and oxygen atoms in total. The van der Waals surface area contributed by atoms with Crippen molar-refractivity contribution >= 4 is 22.1 Å². The van der Waals surface area contributed by atoms with E-state index in [0.717, 1.165) is 18.2 Å². The first-order valence-electron chi connectivity index (χ1n) is 4.79. The average molecular weight is 274 g/mol. The molecule has 1 aromatic rings. The maximum Gasteiger partial charge on any atom is 0.337 e. The Morgan fingerprint density at radius 3 is 2.28 bits per heavy atom. The molecule has 1 aromatic carbocycles. The van der Waals surface area contributed by atoms with Gasteiger partial charge in [-0.25, -0.2) is 9.59 Å². The standard InChI is InChI=1S/C10H10O7S/c1-2-17-18(15,16)8-5-6(9(11)12)3-4-7(8)10(13)14/h3-5H,2H2,1H3,(H,11,12)(H,13,14). The predicted molar refractivity (Wildman–Crippen MR) is 59.2 cm³/mol. The summed E-state index contributed by atoms with van der Waals surface area (Å²) < 4.78 is 27.8. The normalized spacial score (nSPS) is 11.2. The molecule has 0 fully saturated rings. The fraction of sp³-hybridized carbons (Fsp3) is 0.200. The average Bonchev–Trinajstić information content (AvgIpc) is 2.27. The Balaban J connectivity index is 3.51. The van der Waals surface area contributed by atoms with E-state index in [1.54, 1.807) is 0 Å². The van der Waals surface area contributed by atoms with E-state index in [9.17, 15) is 18.0 Å². The molecule has 0 amide bonds. The summed E-state index contributed by atoms with van der Waals surface area (Å²) in [7, 11) is -4.29. The van der Waals surface area contributed by atoms with Gasteiger partial charge in [0, 0.05) is 0 Å². The summed E-state index contributed by atoms with van der Waals surface area (Å²) in [5, 5.41) is 17.6. The molecule has 0 heterocycles. The molecule has 18 heavy (non-hydrogen) atoms.